The van der Waals surface area contributed by atoms with E-state index in [1.54, 1.807) is 72.5 Å². The van der Waals surface area contributed by atoms with E-state index in [0.29, 0.717) is 52.8 Å². The van der Waals surface area contributed by atoms with Gasteiger partial charge in [0.15, 0.2) is 0 Å². The van der Waals surface area contributed by atoms with Gasteiger partial charge in [-0.2, -0.15) is 4.98 Å². The van der Waals surface area contributed by atoms with Crippen LogP contribution in [0, 0.1) is 0 Å². The zero-order valence-electron chi connectivity index (χ0n) is 21.2. The lowest BCUT2D eigenvalue weighted by Gasteiger charge is -2.24. The standard InChI is InChI=1S/C25H31N5O6/c1-25(2,3)36-24(32)28-20-13-35-12-19(20)27-23-26-11-15-9-18(22(31)30(4)21(15)29-23)14-7-16(33-5)10-17(8-14)34-6/h7-11,19-20H,12-13H2,1-6H3,(H,28,32)(H,26,27,29). The molecule has 2 N–H and O–H groups in total. The van der Waals surface area contributed by atoms with E-state index in [2.05, 4.69) is 20.6 Å². The van der Waals surface area contributed by atoms with E-state index in [9.17, 15) is 9.59 Å². The second-order valence-electron chi connectivity index (χ2n) is 9.54. The van der Waals surface area contributed by atoms with Gasteiger partial charge in [0.05, 0.1) is 39.5 Å². The van der Waals surface area contributed by atoms with Crippen LogP contribution in [0.1, 0.15) is 20.8 Å². The molecule has 1 aliphatic heterocycles. The largest absolute Gasteiger partial charge is 0.497 e. The van der Waals surface area contributed by atoms with Crippen LogP contribution in [0.4, 0.5) is 10.7 Å². The highest BCUT2D eigenvalue weighted by Gasteiger charge is 2.31. The maximum Gasteiger partial charge on any atom is 0.408 e. The zero-order chi connectivity index (χ0) is 26.0. The Kier molecular flexibility index (Phi) is 7.02. The van der Waals surface area contributed by atoms with Crippen LogP contribution < -0.4 is 25.7 Å². The van der Waals surface area contributed by atoms with Gasteiger partial charge >= 0.3 is 6.09 Å². The number of methoxy groups -OCH3 is 2. The van der Waals surface area contributed by atoms with Crippen LogP contribution in [0.3, 0.4) is 0 Å². The third-order valence-corrected chi connectivity index (χ3v) is 5.71. The molecule has 192 valence electrons. The van der Waals surface area contributed by atoms with E-state index in [1.165, 1.54) is 4.57 Å². The van der Waals surface area contributed by atoms with Crippen LogP contribution in [0.25, 0.3) is 22.2 Å². The minimum Gasteiger partial charge on any atom is -0.497 e. The number of hydrogen-bond acceptors (Lipinski definition) is 9. The van der Waals surface area contributed by atoms with Crippen molar-refractivity contribution in [2.24, 2.45) is 7.05 Å². The number of aryl methyl sites for hydroxylation is 1. The fourth-order valence-corrected chi connectivity index (χ4v) is 3.95. The average Bonchev–Trinajstić information content (AvgIpc) is 3.26. The fourth-order valence-electron chi connectivity index (χ4n) is 3.95. The molecule has 11 nitrogen and oxygen atoms in total. The summed E-state index contributed by atoms with van der Waals surface area (Å²) in [5.41, 5.74) is 0.767. The van der Waals surface area contributed by atoms with Gasteiger partial charge in [-0.25, -0.2) is 9.78 Å². The number of carbonyl (C=O) groups is 1. The first-order chi connectivity index (χ1) is 17.1. The highest BCUT2D eigenvalue weighted by atomic mass is 16.6. The lowest BCUT2D eigenvalue weighted by atomic mass is 10.1. The molecular weight excluding hydrogens is 466 g/mol. The zero-order valence-corrected chi connectivity index (χ0v) is 21.2. The average molecular weight is 498 g/mol. The number of fused-ring (bicyclic) bond motifs is 1. The molecule has 3 heterocycles. The number of rotatable bonds is 6. The Morgan fingerprint density at radius 2 is 1.75 bits per heavy atom. The van der Waals surface area contributed by atoms with E-state index >= 15 is 0 Å². The summed E-state index contributed by atoms with van der Waals surface area (Å²) >= 11 is 0. The fraction of sp³-hybridized carbons (Fsp3) is 0.440. The topological polar surface area (TPSA) is 126 Å². The summed E-state index contributed by atoms with van der Waals surface area (Å²) in [4.78, 5) is 34.4. The van der Waals surface area contributed by atoms with Crippen LogP contribution >= 0.6 is 0 Å². The van der Waals surface area contributed by atoms with Crippen molar-refractivity contribution in [3.8, 4) is 22.6 Å². The van der Waals surface area contributed by atoms with Gasteiger partial charge in [-0.05, 0) is 44.5 Å². The lowest BCUT2D eigenvalue weighted by Crippen LogP contribution is -2.47. The van der Waals surface area contributed by atoms with Crippen molar-refractivity contribution in [3.63, 3.8) is 0 Å². The van der Waals surface area contributed by atoms with E-state index < -0.39 is 11.7 Å². The summed E-state index contributed by atoms with van der Waals surface area (Å²) in [5.74, 6) is 1.48. The van der Waals surface area contributed by atoms with Gasteiger partial charge in [-0.15, -0.1) is 0 Å². The lowest BCUT2D eigenvalue weighted by molar-refractivity contribution is 0.0497. The smallest absolute Gasteiger partial charge is 0.408 e. The monoisotopic (exact) mass is 497 g/mol. The molecule has 2 atom stereocenters. The van der Waals surface area contributed by atoms with Crippen LogP contribution in [0.2, 0.25) is 0 Å². The molecule has 4 rings (SSSR count). The Morgan fingerprint density at radius 3 is 2.39 bits per heavy atom. The SMILES string of the molecule is COc1cc(OC)cc(-c2cc3cnc(NC4COCC4NC(=O)OC(C)(C)C)nc3n(C)c2=O)c1. The second-order valence-corrected chi connectivity index (χ2v) is 9.54. The number of pyridine rings is 1. The number of anilines is 1. The van der Waals surface area contributed by atoms with Gasteiger partial charge in [0, 0.05) is 30.3 Å². The molecular formula is C25H31N5O6. The summed E-state index contributed by atoms with van der Waals surface area (Å²) in [5, 5.41) is 6.72. The number of amides is 1. The summed E-state index contributed by atoms with van der Waals surface area (Å²) in [7, 11) is 4.78. The molecule has 0 aliphatic carbocycles. The molecule has 3 aromatic rings. The molecule has 0 bridgehead atoms. The highest BCUT2D eigenvalue weighted by Crippen LogP contribution is 2.29. The number of hydrogen-bond donors (Lipinski definition) is 2. The molecule has 2 aromatic heterocycles. The molecule has 0 spiro atoms. The predicted octanol–water partition coefficient (Wildman–Crippen LogP) is 2.72. The van der Waals surface area contributed by atoms with Gasteiger partial charge < -0.3 is 29.6 Å². The Labute approximate surface area is 208 Å². The third-order valence-electron chi connectivity index (χ3n) is 5.71. The second kappa shape index (κ2) is 10.0. The third kappa shape index (κ3) is 5.51. The molecule has 2 unspecified atom stereocenters. The Bertz CT molecular complexity index is 1310. The molecule has 1 aromatic carbocycles. The predicted molar refractivity (Wildman–Crippen MR) is 135 cm³/mol. The molecule has 0 radical (unpaired) electrons. The van der Waals surface area contributed by atoms with E-state index in [-0.39, 0.29) is 17.6 Å². The first-order valence-corrected chi connectivity index (χ1v) is 11.5. The molecule has 1 amide bonds. The van der Waals surface area contributed by atoms with Gasteiger partial charge in [0.25, 0.3) is 5.56 Å². The molecule has 1 fully saturated rings. The van der Waals surface area contributed by atoms with Crippen LogP contribution in [-0.2, 0) is 16.5 Å². The molecule has 36 heavy (non-hydrogen) atoms. The Balaban J connectivity index is 1.60. The van der Waals surface area contributed by atoms with E-state index in [4.69, 9.17) is 18.9 Å². The molecule has 1 saturated heterocycles. The van der Waals surface area contributed by atoms with Crippen molar-refractivity contribution < 1.29 is 23.7 Å². The number of ether oxygens (including phenoxy) is 4. The number of aromatic nitrogens is 3. The Morgan fingerprint density at radius 1 is 1.08 bits per heavy atom. The van der Waals surface area contributed by atoms with Crippen molar-refractivity contribution in [2.45, 2.75) is 38.5 Å². The van der Waals surface area contributed by atoms with E-state index in [1.807, 2.05) is 0 Å². The Hall–Kier alpha value is -3.86. The summed E-state index contributed by atoms with van der Waals surface area (Å²) in [6.07, 6.45) is 1.13. The van der Waals surface area contributed by atoms with Crippen molar-refractivity contribution in [2.75, 3.05) is 32.8 Å². The maximum atomic E-state index is 13.2. The van der Waals surface area contributed by atoms with Crippen molar-refractivity contribution in [3.05, 3.63) is 40.8 Å². The molecule has 0 saturated carbocycles. The summed E-state index contributed by atoms with van der Waals surface area (Å²) in [6, 6.07) is 6.46. The number of nitrogens with zero attached hydrogens (tertiary/aromatic N) is 3. The summed E-state index contributed by atoms with van der Waals surface area (Å²) in [6.45, 7) is 6.10. The molecule has 1 aliphatic rings. The van der Waals surface area contributed by atoms with Crippen LogP contribution in [0.5, 0.6) is 11.5 Å². The molecule has 11 heteroatoms. The number of carbonyl (C=O) groups excluding carboxylic acids is 1. The van der Waals surface area contributed by atoms with Gasteiger partial charge in [-0.3, -0.25) is 9.36 Å². The quantitative estimate of drug-likeness (QED) is 0.529. The van der Waals surface area contributed by atoms with E-state index in [0.717, 1.165) is 0 Å². The van der Waals surface area contributed by atoms with Gasteiger partial charge in [-0.1, -0.05) is 0 Å². The number of nitrogens with one attached hydrogen (secondary N) is 2. The van der Waals surface area contributed by atoms with Crippen LogP contribution in [-0.4, -0.2) is 65.7 Å². The summed E-state index contributed by atoms with van der Waals surface area (Å²) < 4.78 is 23.1. The van der Waals surface area contributed by atoms with Crippen molar-refractivity contribution >= 4 is 23.1 Å². The van der Waals surface area contributed by atoms with Gasteiger partial charge in [0.1, 0.15) is 22.7 Å². The minimum absolute atomic E-state index is 0.226. The van der Waals surface area contributed by atoms with Crippen LogP contribution in [0.15, 0.2) is 35.3 Å². The normalized spacial score (nSPS) is 17.6. The minimum atomic E-state index is -0.604. The maximum absolute atomic E-state index is 13.2. The highest BCUT2D eigenvalue weighted by molar-refractivity contribution is 5.82. The first kappa shape index (κ1) is 25.2. The number of benzene rings is 1. The van der Waals surface area contributed by atoms with Gasteiger partial charge in [0.2, 0.25) is 5.95 Å². The van der Waals surface area contributed by atoms with Crippen molar-refractivity contribution in [1.29, 1.82) is 0 Å². The van der Waals surface area contributed by atoms with Crippen molar-refractivity contribution in [1.82, 2.24) is 19.9 Å². The number of alkyl carbamates (subject to hydrolysis) is 1. The first-order valence-electron chi connectivity index (χ1n) is 11.5.